The number of hydrogen-bond acceptors (Lipinski definition) is 4. The fourth-order valence-corrected chi connectivity index (χ4v) is 2.80. The first kappa shape index (κ1) is 16.0. The normalized spacial score (nSPS) is 11.1. The van der Waals surface area contributed by atoms with Crippen molar-refractivity contribution in [2.24, 2.45) is 0 Å². The molecule has 7 nitrogen and oxygen atoms in total. The van der Waals surface area contributed by atoms with Crippen LogP contribution in [0.25, 0.3) is 16.7 Å². The maximum atomic E-state index is 12.3. The van der Waals surface area contributed by atoms with Gasteiger partial charge in [0, 0.05) is 33.0 Å². The molecule has 2 aromatic heterocycles. The molecule has 0 aliphatic carbocycles. The number of benzene rings is 1. The number of imidazole rings is 1. The molecule has 0 atom stereocenters. The topological polar surface area (TPSA) is 75.9 Å². The Hall–Kier alpha value is -2.83. The summed E-state index contributed by atoms with van der Waals surface area (Å²) < 4.78 is 3.46. The number of aromatic nitrogens is 4. The van der Waals surface area contributed by atoms with Gasteiger partial charge in [-0.1, -0.05) is 13.3 Å². The highest BCUT2D eigenvalue weighted by molar-refractivity contribution is 5.84. The molecule has 0 amide bonds. The number of aromatic amines is 1. The third-order valence-electron chi connectivity index (χ3n) is 4.07. The minimum absolute atomic E-state index is 0.509. The Morgan fingerprint density at radius 2 is 2.04 bits per heavy atom. The molecule has 2 heterocycles. The predicted octanol–water partition coefficient (Wildman–Crippen LogP) is 1.74. The SMILES string of the molecule is CCCCn1c(=O)c(=O)[nH]c2cc(N(C)C)c(-n3ccnc3)cc21. The molecule has 3 rings (SSSR count). The first-order valence-electron chi connectivity index (χ1n) is 7.99. The Morgan fingerprint density at radius 1 is 1.25 bits per heavy atom. The molecule has 0 aliphatic rings. The van der Waals surface area contributed by atoms with Gasteiger partial charge < -0.3 is 19.0 Å². The molecule has 3 aromatic rings. The van der Waals surface area contributed by atoms with Crippen LogP contribution in [0.2, 0.25) is 0 Å². The van der Waals surface area contributed by atoms with E-state index in [1.807, 2.05) is 41.9 Å². The summed E-state index contributed by atoms with van der Waals surface area (Å²) in [6, 6.07) is 3.83. The molecule has 0 spiro atoms. The summed E-state index contributed by atoms with van der Waals surface area (Å²) >= 11 is 0. The van der Waals surface area contributed by atoms with E-state index in [2.05, 4.69) is 16.9 Å². The maximum absolute atomic E-state index is 12.3. The molecule has 0 radical (unpaired) electrons. The van der Waals surface area contributed by atoms with Gasteiger partial charge in [0.2, 0.25) is 0 Å². The van der Waals surface area contributed by atoms with Crippen LogP contribution in [0.1, 0.15) is 19.8 Å². The monoisotopic (exact) mass is 327 g/mol. The third-order valence-corrected chi connectivity index (χ3v) is 4.07. The van der Waals surface area contributed by atoms with Crippen LogP contribution in [-0.4, -0.2) is 33.2 Å². The van der Waals surface area contributed by atoms with Crippen LogP contribution >= 0.6 is 0 Å². The van der Waals surface area contributed by atoms with Gasteiger partial charge in [-0.25, -0.2) is 4.98 Å². The van der Waals surface area contributed by atoms with Gasteiger partial charge in [-0.05, 0) is 18.6 Å². The van der Waals surface area contributed by atoms with E-state index in [1.54, 1.807) is 17.1 Å². The van der Waals surface area contributed by atoms with Crippen LogP contribution in [0.5, 0.6) is 0 Å². The zero-order valence-electron chi connectivity index (χ0n) is 14.1. The van der Waals surface area contributed by atoms with Crippen LogP contribution in [-0.2, 0) is 6.54 Å². The summed E-state index contributed by atoms with van der Waals surface area (Å²) in [6.07, 6.45) is 7.07. The molecule has 0 saturated heterocycles. The molecule has 0 bridgehead atoms. The molecule has 0 saturated carbocycles. The zero-order valence-corrected chi connectivity index (χ0v) is 14.1. The first-order chi connectivity index (χ1) is 11.5. The van der Waals surface area contributed by atoms with Gasteiger partial charge in [0.05, 0.1) is 28.7 Å². The number of nitrogens with one attached hydrogen (secondary N) is 1. The van der Waals surface area contributed by atoms with E-state index in [0.29, 0.717) is 12.1 Å². The second kappa shape index (κ2) is 6.35. The average Bonchev–Trinajstić information content (AvgIpc) is 3.08. The molecule has 0 unspecified atom stereocenters. The number of nitrogens with zero attached hydrogens (tertiary/aromatic N) is 4. The summed E-state index contributed by atoms with van der Waals surface area (Å²) in [5.41, 5.74) is 2.12. The van der Waals surface area contributed by atoms with Crippen molar-refractivity contribution in [3.63, 3.8) is 0 Å². The van der Waals surface area contributed by atoms with Crippen molar-refractivity contribution in [3.8, 4) is 5.69 Å². The van der Waals surface area contributed by atoms with E-state index in [1.165, 1.54) is 0 Å². The van der Waals surface area contributed by atoms with Gasteiger partial charge in [0.25, 0.3) is 0 Å². The number of H-pyrrole nitrogens is 1. The minimum atomic E-state index is -0.585. The second-order valence-corrected chi connectivity index (χ2v) is 5.99. The van der Waals surface area contributed by atoms with E-state index in [-0.39, 0.29) is 0 Å². The highest BCUT2D eigenvalue weighted by atomic mass is 16.2. The van der Waals surface area contributed by atoms with Gasteiger partial charge in [0.15, 0.2) is 0 Å². The molecule has 7 heteroatoms. The third kappa shape index (κ3) is 2.73. The van der Waals surface area contributed by atoms with E-state index in [0.717, 1.165) is 29.7 Å². The lowest BCUT2D eigenvalue weighted by molar-refractivity contribution is 0.625. The van der Waals surface area contributed by atoms with Crippen molar-refractivity contribution in [1.82, 2.24) is 19.1 Å². The molecule has 0 aliphatic heterocycles. The van der Waals surface area contributed by atoms with Gasteiger partial charge in [0.1, 0.15) is 0 Å². The fourth-order valence-electron chi connectivity index (χ4n) is 2.80. The smallest absolute Gasteiger partial charge is 0.316 e. The second-order valence-electron chi connectivity index (χ2n) is 5.99. The van der Waals surface area contributed by atoms with Crippen molar-refractivity contribution in [2.45, 2.75) is 26.3 Å². The molecule has 126 valence electrons. The quantitative estimate of drug-likeness (QED) is 0.724. The highest BCUT2D eigenvalue weighted by Gasteiger charge is 2.14. The molecule has 1 N–H and O–H groups in total. The fraction of sp³-hybridized carbons (Fsp3) is 0.353. The van der Waals surface area contributed by atoms with Crippen LogP contribution in [0.3, 0.4) is 0 Å². The molecule has 1 aromatic carbocycles. The van der Waals surface area contributed by atoms with Crippen LogP contribution in [0.4, 0.5) is 5.69 Å². The van der Waals surface area contributed by atoms with Crippen molar-refractivity contribution in [1.29, 1.82) is 0 Å². The Morgan fingerprint density at radius 3 is 2.67 bits per heavy atom. The minimum Gasteiger partial charge on any atom is -0.376 e. The Labute approximate surface area is 139 Å². The Balaban J connectivity index is 2.35. The summed E-state index contributed by atoms with van der Waals surface area (Å²) in [7, 11) is 3.87. The van der Waals surface area contributed by atoms with Gasteiger partial charge in [-0.15, -0.1) is 0 Å². The van der Waals surface area contributed by atoms with E-state index in [4.69, 9.17) is 0 Å². The maximum Gasteiger partial charge on any atom is 0.316 e. The Bertz CT molecular complexity index is 967. The highest BCUT2D eigenvalue weighted by Crippen LogP contribution is 2.27. The number of hydrogen-bond donors (Lipinski definition) is 1. The summed E-state index contributed by atoms with van der Waals surface area (Å²) in [5.74, 6) is 0. The standard InChI is InChI=1S/C17H21N5O2/c1-4-5-7-22-13-10-15(21-8-6-18-11-21)14(20(2)3)9-12(13)19-16(23)17(22)24/h6,8-11H,4-5,7H2,1-3H3,(H,19,23). The van der Waals surface area contributed by atoms with Crippen LogP contribution < -0.4 is 16.0 Å². The average molecular weight is 327 g/mol. The molecule has 24 heavy (non-hydrogen) atoms. The zero-order chi connectivity index (χ0) is 17.3. The Kier molecular flexibility index (Phi) is 4.24. The van der Waals surface area contributed by atoms with E-state index < -0.39 is 11.1 Å². The van der Waals surface area contributed by atoms with E-state index in [9.17, 15) is 9.59 Å². The largest absolute Gasteiger partial charge is 0.376 e. The molecule has 0 fully saturated rings. The number of aryl methyl sites for hydroxylation is 1. The summed E-state index contributed by atoms with van der Waals surface area (Å²) in [5, 5.41) is 0. The van der Waals surface area contributed by atoms with Gasteiger partial charge in [-0.3, -0.25) is 9.59 Å². The molecular formula is C17H21N5O2. The van der Waals surface area contributed by atoms with Gasteiger partial charge >= 0.3 is 11.1 Å². The lowest BCUT2D eigenvalue weighted by atomic mass is 10.2. The van der Waals surface area contributed by atoms with Crippen LogP contribution in [0, 0.1) is 0 Å². The van der Waals surface area contributed by atoms with Crippen molar-refractivity contribution >= 4 is 16.7 Å². The molecular weight excluding hydrogens is 306 g/mol. The lowest BCUT2D eigenvalue weighted by Gasteiger charge is -2.20. The van der Waals surface area contributed by atoms with Crippen molar-refractivity contribution < 1.29 is 0 Å². The van der Waals surface area contributed by atoms with Crippen molar-refractivity contribution in [2.75, 3.05) is 19.0 Å². The van der Waals surface area contributed by atoms with Gasteiger partial charge in [-0.2, -0.15) is 0 Å². The number of fused-ring (bicyclic) bond motifs is 1. The first-order valence-corrected chi connectivity index (χ1v) is 7.99. The predicted molar refractivity (Wildman–Crippen MR) is 95.2 cm³/mol. The number of rotatable bonds is 5. The van der Waals surface area contributed by atoms with Crippen molar-refractivity contribution in [3.05, 3.63) is 51.6 Å². The number of unbranched alkanes of at least 4 members (excludes halogenated alkanes) is 1. The van der Waals surface area contributed by atoms with Crippen LogP contribution in [0.15, 0.2) is 40.4 Å². The summed E-state index contributed by atoms with van der Waals surface area (Å²) in [6.45, 7) is 2.59. The lowest BCUT2D eigenvalue weighted by Crippen LogP contribution is -2.36. The number of anilines is 1. The summed E-state index contributed by atoms with van der Waals surface area (Å²) in [4.78, 5) is 33.1. The van der Waals surface area contributed by atoms with E-state index >= 15 is 0 Å².